The van der Waals surface area contributed by atoms with E-state index in [1.807, 2.05) is 13.8 Å². The van der Waals surface area contributed by atoms with Gasteiger partial charge >= 0.3 is 0 Å². The first-order valence-corrected chi connectivity index (χ1v) is 2.82. The normalized spacial score (nSPS) is 22.7. The predicted molar refractivity (Wildman–Crippen MR) is 36.4 cm³/mol. The molecule has 0 saturated carbocycles. The summed E-state index contributed by atoms with van der Waals surface area (Å²) >= 11 is 0. The van der Waals surface area contributed by atoms with Gasteiger partial charge in [0.15, 0.2) is 0 Å². The highest BCUT2D eigenvalue weighted by Gasteiger charge is 2.14. The fourth-order valence-electron chi connectivity index (χ4n) is 0.553. The van der Waals surface area contributed by atoms with Crippen molar-refractivity contribution in [2.45, 2.75) is 19.5 Å². The van der Waals surface area contributed by atoms with E-state index in [0.29, 0.717) is 0 Å². The summed E-state index contributed by atoms with van der Waals surface area (Å²) < 4.78 is 0. The molecule has 3 heteroatoms. The summed E-state index contributed by atoms with van der Waals surface area (Å²) in [7, 11) is 0. The predicted octanol–water partition coefficient (Wildman–Crippen LogP) is 0.796. The number of hydrogen-bond donors (Lipinski definition) is 2. The minimum atomic E-state index is -0.258. The number of nitrogens with one attached hydrogen (secondary N) is 1. The van der Waals surface area contributed by atoms with Gasteiger partial charge in [0.25, 0.3) is 0 Å². The van der Waals surface area contributed by atoms with E-state index < -0.39 is 0 Å². The van der Waals surface area contributed by atoms with Crippen molar-refractivity contribution in [2.24, 2.45) is 4.99 Å². The molecule has 1 aliphatic heterocycles. The van der Waals surface area contributed by atoms with Crippen LogP contribution in [0.3, 0.4) is 0 Å². The van der Waals surface area contributed by atoms with Crippen molar-refractivity contribution < 1.29 is 5.11 Å². The van der Waals surface area contributed by atoms with Gasteiger partial charge in [-0.1, -0.05) is 0 Å². The molecule has 0 aliphatic carbocycles. The van der Waals surface area contributed by atoms with E-state index in [1.165, 1.54) is 12.4 Å². The van der Waals surface area contributed by atoms with E-state index in [1.54, 1.807) is 0 Å². The van der Waals surface area contributed by atoms with Crippen LogP contribution in [-0.2, 0) is 0 Å². The molecule has 0 unspecified atom stereocenters. The highest BCUT2D eigenvalue weighted by molar-refractivity contribution is 5.76. The quantitative estimate of drug-likeness (QED) is 0.504. The largest absolute Gasteiger partial charge is 0.505 e. The van der Waals surface area contributed by atoms with Gasteiger partial charge in [0.1, 0.15) is 11.4 Å². The minimum absolute atomic E-state index is 0.175. The van der Waals surface area contributed by atoms with Crippen LogP contribution in [0, 0.1) is 0 Å². The number of allylic oxidation sites excluding steroid dienone is 1. The van der Waals surface area contributed by atoms with Crippen LogP contribution in [0.25, 0.3) is 0 Å². The molecular formula is C6H10N2O. The first-order valence-electron chi connectivity index (χ1n) is 2.82. The molecule has 0 radical (unpaired) electrons. The lowest BCUT2D eigenvalue weighted by Gasteiger charge is -2.22. The number of aliphatic hydroxyl groups excluding tert-OH is 1. The van der Waals surface area contributed by atoms with Crippen LogP contribution < -0.4 is 5.32 Å². The molecule has 1 rings (SSSR count). The molecule has 1 heterocycles. The Morgan fingerprint density at radius 2 is 2.33 bits per heavy atom. The van der Waals surface area contributed by atoms with Crippen molar-refractivity contribution in [1.29, 1.82) is 0 Å². The maximum Gasteiger partial charge on any atom is 0.149 e. The minimum Gasteiger partial charge on any atom is -0.505 e. The Balaban J connectivity index is 2.70. The Hall–Kier alpha value is -0.990. The Kier molecular flexibility index (Phi) is 1.20. The Morgan fingerprint density at radius 3 is 2.67 bits per heavy atom. The molecule has 0 spiro atoms. The summed E-state index contributed by atoms with van der Waals surface area (Å²) in [4.78, 5) is 3.99. The van der Waals surface area contributed by atoms with Gasteiger partial charge in [-0.15, -0.1) is 0 Å². The Bertz CT molecular complexity index is 170. The van der Waals surface area contributed by atoms with Gasteiger partial charge < -0.3 is 10.4 Å². The summed E-state index contributed by atoms with van der Waals surface area (Å²) in [6.45, 7) is 3.85. The standard InChI is InChI=1S/C6H10N2O/c1-6(2)7-3-5(9)4-8-6/h3-4,7,9H,1-2H3. The molecule has 50 valence electrons. The molecule has 9 heavy (non-hydrogen) atoms. The lowest BCUT2D eigenvalue weighted by Crippen LogP contribution is -2.35. The summed E-state index contributed by atoms with van der Waals surface area (Å²) in [6, 6.07) is 0. The van der Waals surface area contributed by atoms with Crippen molar-refractivity contribution in [2.75, 3.05) is 0 Å². The number of aliphatic imine (C=N–C) groups is 1. The molecule has 0 aromatic rings. The molecule has 0 aromatic carbocycles. The maximum atomic E-state index is 8.79. The summed E-state index contributed by atoms with van der Waals surface area (Å²) in [5.41, 5.74) is -0.258. The lowest BCUT2D eigenvalue weighted by atomic mass is 10.2. The molecule has 0 amide bonds. The molecule has 2 N–H and O–H groups in total. The van der Waals surface area contributed by atoms with Crippen LogP contribution in [-0.4, -0.2) is 17.0 Å². The average molecular weight is 126 g/mol. The van der Waals surface area contributed by atoms with E-state index in [9.17, 15) is 0 Å². The van der Waals surface area contributed by atoms with E-state index in [4.69, 9.17) is 5.11 Å². The van der Waals surface area contributed by atoms with Crippen molar-refractivity contribution in [3.63, 3.8) is 0 Å². The van der Waals surface area contributed by atoms with Crippen LogP contribution in [0.15, 0.2) is 17.0 Å². The first kappa shape index (κ1) is 6.13. The SMILES string of the molecule is CC1(C)N=CC(O)=CN1. The van der Waals surface area contributed by atoms with Gasteiger partial charge in [-0.25, -0.2) is 0 Å². The van der Waals surface area contributed by atoms with Crippen LogP contribution in [0.5, 0.6) is 0 Å². The topological polar surface area (TPSA) is 44.6 Å². The number of rotatable bonds is 0. The van der Waals surface area contributed by atoms with Crippen molar-refractivity contribution in [1.82, 2.24) is 5.32 Å². The van der Waals surface area contributed by atoms with Gasteiger partial charge in [-0.3, -0.25) is 4.99 Å². The van der Waals surface area contributed by atoms with Crippen molar-refractivity contribution >= 4 is 6.21 Å². The molecule has 3 nitrogen and oxygen atoms in total. The maximum absolute atomic E-state index is 8.79. The second kappa shape index (κ2) is 1.76. The van der Waals surface area contributed by atoms with Crippen LogP contribution >= 0.6 is 0 Å². The van der Waals surface area contributed by atoms with Crippen LogP contribution in [0.1, 0.15) is 13.8 Å². The van der Waals surface area contributed by atoms with Crippen LogP contribution in [0.4, 0.5) is 0 Å². The fourth-order valence-corrected chi connectivity index (χ4v) is 0.553. The molecule has 1 aliphatic rings. The third-order valence-corrected chi connectivity index (χ3v) is 1.09. The number of aliphatic hydroxyl groups is 1. The smallest absolute Gasteiger partial charge is 0.149 e. The van der Waals surface area contributed by atoms with Gasteiger partial charge in [-0.2, -0.15) is 0 Å². The number of nitrogens with zero attached hydrogens (tertiary/aromatic N) is 1. The lowest BCUT2D eigenvalue weighted by molar-refractivity contribution is 0.400. The van der Waals surface area contributed by atoms with Gasteiger partial charge in [0.05, 0.1) is 6.21 Å². The third kappa shape index (κ3) is 1.45. The van der Waals surface area contributed by atoms with Gasteiger partial charge in [0.2, 0.25) is 0 Å². The van der Waals surface area contributed by atoms with Gasteiger partial charge in [0, 0.05) is 6.20 Å². The van der Waals surface area contributed by atoms with E-state index in [2.05, 4.69) is 10.3 Å². The van der Waals surface area contributed by atoms with Crippen LogP contribution in [0.2, 0.25) is 0 Å². The highest BCUT2D eigenvalue weighted by atomic mass is 16.3. The third-order valence-electron chi connectivity index (χ3n) is 1.09. The zero-order chi connectivity index (χ0) is 6.91. The van der Waals surface area contributed by atoms with E-state index in [0.717, 1.165) is 0 Å². The second-order valence-electron chi connectivity index (χ2n) is 2.53. The zero-order valence-electron chi connectivity index (χ0n) is 5.55. The van der Waals surface area contributed by atoms with Crippen molar-refractivity contribution in [3.05, 3.63) is 12.0 Å². The molecular weight excluding hydrogens is 116 g/mol. The highest BCUT2D eigenvalue weighted by Crippen LogP contribution is 2.07. The average Bonchev–Trinajstić information content (AvgIpc) is 1.78. The first-order chi connectivity index (χ1) is 4.10. The summed E-state index contributed by atoms with van der Waals surface area (Å²) in [5.74, 6) is 0.175. The van der Waals surface area contributed by atoms with E-state index in [-0.39, 0.29) is 11.4 Å². The molecule has 0 aromatic heterocycles. The summed E-state index contributed by atoms with van der Waals surface area (Å²) in [6.07, 6.45) is 2.98. The Morgan fingerprint density at radius 1 is 1.67 bits per heavy atom. The monoisotopic (exact) mass is 126 g/mol. The zero-order valence-corrected chi connectivity index (χ0v) is 5.55. The fraction of sp³-hybridized carbons (Fsp3) is 0.500. The Labute approximate surface area is 54.1 Å². The van der Waals surface area contributed by atoms with Gasteiger partial charge in [-0.05, 0) is 13.8 Å². The molecule has 0 saturated heterocycles. The molecule has 0 atom stereocenters. The van der Waals surface area contributed by atoms with E-state index >= 15 is 0 Å². The number of hydrogen-bond acceptors (Lipinski definition) is 3. The second-order valence-corrected chi connectivity index (χ2v) is 2.53. The summed E-state index contributed by atoms with van der Waals surface area (Å²) in [5, 5.41) is 11.7. The molecule has 0 fully saturated rings. The molecule has 0 bridgehead atoms. The van der Waals surface area contributed by atoms with Crippen molar-refractivity contribution in [3.8, 4) is 0 Å².